The van der Waals surface area contributed by atoms with Crippen LogP contribution in [0.4, 0.5) is 5.69 Å². The first kappa shape index (κ1) is 17.6. The number of anilines is 1. The van der Waals surface area contributed by atoms with Crippen LogP contribution in [0.5, 0.6) is 0 Å². The second-order valence-electron chi connectivity index (χ2n) is 6.40. The summed E-state index contributed by atoms with van der Waals surface area (Å²) in [5.74, 6) is 0. The van der Waals surface area contributed by atoms with Crippen LogP contribution >= 0.6 is 12.2 Å². The van der Waals surface area contributed by atoms with E-state index in [1.54, 1.807) is 0 Å². The van der Waals surface area contributed by atoms with Gasteiger partial charge in [-0.15, -0.1) is 0 Å². The van der Waals surface area contributed by atoms with Crippen molar-refractivity contribution >= 4 is 29.1 Å². The number of aryl methyl sites for hydroxylation is 1. The fourth-order valence-electron chi connectivity index (χ4n) is 2.87. The molecule has 2 aromatic rings. The fraction of sp³-hybridized carbons (Fsp3) is 0.286. The molecule has 130 valence electrons. The van der Waals surface area contributed by atoms with Gasteiger partial charge in [-0.05, 0) is 36.8 Å². The summed E-state index contributed by atoms with van der Waals surface area (Å²) in [6.07, 6.45) is 4.43. The van der Waals surface area contributed by atoms with E-state index in [9.17, 15) is 0 Å². The molecule has 0 aromatic heterocycles. The summed E-state index contributed by atoms with van der Waals surface area (Å²) < 4.78 is 0. The third-order valence-electron chi connectivity index (χ3n) is 4.44. The van der Waals surface area contributed by atoms with Gasteiger partial charge in [0.05, 0.1) is 0 Å². The second kappa shape index (κ2) is 8.79. The predicted octanol–water partition coefficient (Wildman–Crippen LogP) is 4.02. The van der Waals surface area contributed by atoms with Crippen LogP contribution in [0.15, 0.2) is 60.7 Å². The monoisotopic (exact) mass is 351 g/mol. The average molecular weight is 352 g/mol. The third kappa shape index (κ3) is 5.41. The molecule has 1 N–H and O–H groups in total. The number of piperazine rings is 1. The second-order valence-corrected chi connectivity index (χ2v) is 6.78. The van der Waals surface area contributed by atoms with Gasteiger partial charge in [-0.1, -0.05) is 60.2 Å². The maximum atomic E-state index is 5.56. The zero-order valence-corrected chi connectivity index (χ0v) is 15.5. The Bertz CT molecular complexity index is 702. The summed E-state index contributed by atoms with van der Waals surface area (Å²) in [5.41, 5.74) is 3.57. The number of hydrogen-bond donors (Lipinski definition) is 1. The largest absolute Gasteiger partial charge is 0.346 e. The van der Waals surface area contributed by atoms with E-state index in [0.717, 1.165) is 43.5 Å². The Labute approximate surface area is 156 Å². The van der Waals surface area contributed by atoms with Crippen molar-refractivity contribution in [3.63, 3.8) is 0 Å². The minimum absolute atomic E-state index is 0.823. The van der Waals surface area contributed by atoms with Crippen LogP contribution in [-0.4, -0.2) is 47.6 Å². The van der Waals surface area contributed by atoms with Gasteiger partial charge in [-0.25, -0.2) is 0 Å². The molecule has 3 nitrogen and oxygen atoms in total. The number of nitrogens with one attached hydrogen (secondary N) is 1. The molecule has 0 aliphatic carbocycles. The van der Waals surface area contributed by atoms with Crippen LogP contribution in [0.2, 0.25) is 0 Å². The highest BCUT2D eigenvalue weighted by Gasteiger charge is 2.17. The molecule has 0 saturated carbocycles. The molecule has 0 atom stereocenters. The van der Waals surface area contributed by atoms with E-state index in [1.165, 1.54) is 11.1 Å². The standard InChI is InChI=1S/C21H25N3S/c1-18-9-11-20(12-10-18)22-21(25)24-16-14-23(15-17-24)13-5-8-19-6-3-2-4-7-19/h2-12H,13-17H2,1H3,(H,22,25). The Balaban J connectivity index is 1.42. The molecule has 1 saturated heterocycles. The average Bonchev–Trinajstić information content (AvgIpc) is 2.65. The maximum Gasteiger partial charge on any atom is 0.173 e. The predicted molar refractivity (Wildman–Crippen MR) is 111 cm³/mol. The van der Waals surface area contributed by atoms with Gasteiger partial charge in [0, 0.05) is 38.4 Å². The van der Waals surface area contributed by atoms with Crippen molar-refractivity contribution < 1.29 is 0 Å². The summed E-state index contributed by atoms with van der Waals surface area (Å²) in [7, 11) is 0. The van der Waals surface area contributed by atoms with Gasteiger partial charge < -0.3 is 10.2 Å². The quantitative estimate of drug-likeness (QED) is 0.838. The van der Waals surface area contributed by atoms with Crippen molar-refractivity contribution in [2.75, 3.05) is 38.0 Å². The fourth-order valence-corrected chi connectivity index (χ4v) is 3.18. The number of hydrogen-bond acceptors (Lipinski definition) is 2. The van der Waals surface area contributed by atoms with Gasteiger partial charge in [0.1, 0.15) is 0 Å². The van der Waals surface area contributed by atoms with Crippen LogP contribution in [0.1, 0.15) is 11.1 Å². The van der Waals surface area contributed by atoms with Gasteiger partial charge in [0.2, 0.25) is 0 Å². The minimum atomic E-state index is 0.823. The van der Waals surface area contributed by atoms with Crippen molar-refractivity contribution in [3.8, 4) is 0 Å². The molecule has 1 aliphatic heterocycles. The highest BCUT2D eigenvalue weighted by Crippen LogP contribution is 2.11. The molecule has 0 bridgehead atoms. The molecular formula is C21H25N3S. The summed E-state index contributed by atoms with van der Waals surface area (Å²) in [4.78, 5) is 4.72. The Morgan fingerprint density at radius 3 is 2.36 bits per heavy atom. The van der Waals surface area contributed by atoms with Gasteiger partial charge in [0.15, 0.2) is 5.11 Å². The molecule has 1 aliphatic rings. The van der Waals surface area contributed by atoms with E-state index in [4.69, 9.17) is 12.2 Å². The number of benzene rings is 2. The smallest absolute Gasteiger partial charge is 0.173 e. The van der Waals surface area contributed by atoms with Crippen molar-refractivity contribution in [2.45, 2.75) is 6.92 Å². The zero-order valence-electron chi connectivity index (χ0n) is 14.7. The number of rotatable bonds is 4. The lowest BCUT2D eigenvalue weighted by Crippen LogP contribution is -2.49. The summed E-state index contributed by atoms with van der Waals surface area (Å²) >= 11 is 5.56. The van der Waals surface area contributed by atoms with E-state index >= 15 is 0 Å². The van der Waals surface area contributed by atoms with Gasteiger partial charge in [-0.3, -0.25) is 4.90 Å². The van der Waals surface area contributed by atoms with Gasteiger partial charge >= 0.3 is 0 Å². The highest BCUT2D eigenvalue weighted by molar-refractivity contribution is 7.80. The highest BCUT2D eigenvalue weighted by atomic mass is 32.1. The molecular weight excluding hydrogens is 326 g/mol. The van der Waals surface area contributed by atoms with Crippen molar-refractivity contribution in [1.82, 2.24) is 9.80 Å². The molecule has 4 heteroatoms. The lowest BCUT2D eigenvalue weighted by atomic mass is 10.2. The molecule has 0 radical (unpaired) electrons. The molecule has 25 heavy (non-hydrogen) atoms. The molecule has 1 heterocycles. The van der Waals surface area contributed by atoms with Crippen LogP contribution in [0, 0.1) is 6.92 Å². The number of thiocarbonyl (C=S) groups is 1. The van der Waals surface area contributed by atoms with Crippen LogP contribution < -0.4 is 5.32 Å². The molecule has 0 spiro atoms. The summed E-state index contributed by atoms with van der Waals surface area (Å²) in [6, 6.07) is 18.8. The van der Waals surface area contributed by atoms with Gasteiger partial charge in [-0.2, -0.15) is 0 Å². The van der Waals surface area contributed by atoms with Crippen LogP contribution in [0.3, 0.4) is 0 Å². The minimum Gasteiger partial charge on any atom is -0.346 e. The van der Waals surface area contributed by atoms with Crippen LogP contribution in [0.25, 0.3) is 6.08 Å². The molecule has 1 fully saturated rings. The van der Waals surface area contributed by atoms with Crippen molar-refractivity contribution in [3.05, 3.63) is 71.8 Å². The molecule has 0 unspecified atom stereocenters. The topological polar surface area (TPSA) is 18.5 Å². The molecule has 3 rings (SSSR count). The van der Waals surface area contributed by atoms with Gasteiger partial charge in [0.25, 0.3) is 0 Å². The lowest BCUT2D eigenvalue weighted by molar-refractivity contribution is 0.200. The van der Waals surface area contributed by atoms with E-state index < -0.39 is 0 Å². The first-order valence-electron chi connectivity index (χ1n) is 8.77. The normalized spacial score (nSPS) is 15.5. The SMILES string of the molecule is Cc1ccc(NC(=S)N2CCN(CC=Cc3ccccc3)CC2)cc1. The Morgan fingerprint density at radius 2 is 1.68 bits per heavy atom. The van der Waals surface area contributed by atoms with Crippen LogP contribution in [-0.2, 0) is 0 Å². The number of nitrogens with zero attached hydrogens (tertiary/aromatic N) is 2. The van der Waals surface area contributed by atoms with E-state index in [2.05, 4.69) is 82.7 Å². The lowest BCUT2D eigenvalue weighted by Gasteiger charge is -2.35. The Kier molecular flexibility index (Phi) is 6.20. The zero-order chi connectivity index (χ0) is 17.5. The van der Waals surface area contributed by atoms with E-state index in [1.807, 2.05) is 6.07 Å². The summed E-state index contributed by atoms with van der Waals surface area (Å²) in [5, 5.41) is 4.17. The first-order valence-corrected chi connectivity index (χ1v) is 9.18. The first-order chi connectivity index (χ1) is 12.2. The third-order valence-corrected chi connectivity index (χ3v) is 4.80. The molecule has 2 aromatic carbocycles. The van der Waals surface area contributed by atoms with E-state index in [-0.39, 0.29) is 0 Å². The van der Waals surface area contributed by atoms with Crippen molar-refractivity contribution in [2.24, 2.45) is 0 Å². The Hall–Kier alpha value is -2.17. The Morgan fingerprint density at radius 1 is 1.00 bits per heavy atom. The molecule has 0 amide bonds. The summed E-state index contributed by atoms with van der Waals surface area (Å²) in [6.45, 7) is 7.09. The van der Waals surface area contributed by atoms with Crippen molar-refractivity contribution in [1.29, 1.82) is 0 Å². The van der Waals surface area contributed by atoms with E-state index in [0.29, 0.717) is 0 Å². The maximum absolute atomic E-state index is 5.56.